The van der Waals surface area contributed by atoms with Gasteiger partial charge in [-0.25, -0.2) is 13.2 Å². The zero-order chi connectivity index (χ0) is 27.2. The normalized spacial score (nSPS) is 14.7. The Morgan fingerprint density at radius 2 is 1.13 bits per heavy atom. The van der Waals surface area contributed by atoms with Crippen molar-refractivity contribution in [2.75, 3.05) is 36.8 Å². The third kappa shape index (κ3) is 6.49. The fourth-order valence-electron chi connectivity index (χ4n) is 4.77. The van der Waals surface area contributed by atoms with E-state index in [0.717, 1.165) is 0 Å². The summed E-state index contributed by atoms with van der Waals surface area (Å²) in [6.07, 6.45) is 0. The Balaban J connectivity index is 1.23. The van der Waals surface area contributed by atoms with Crippen molar-refractivity contribution in [1.82, 2.24) is 9.21 Å². The standard InChI is InChI=1S/C30H29ClN4O3S/c31-25-11-13-26(14-12-25)32-30(36)33-27-15-17-28(18-16-27)39(37,38)35-21-19-34(20-22-35)29(23-7-3-1-4-8-23)24-9-5-2-6-10-24/h1-18,29H,19-22H2,(H2,32,33,36). The van der Waals surface area contributed by atoms with Crippen molar-refractivity contribution < 1.29 is 13.2 Å². The Hall–Kier alpha value is -3.69. The summed E-state index contributed by atoms with van der Waals surface area (Å²) in [5, 5.41) is 6.00. The zero-order valence-corrected chi connectivity index (χ0v) is 22.8. The van der Waals surface area contributed by atoms with E-state index in [0.29, 0.717) is 42.6 Å². The summed E-state index contributed by atoms with van der Waals surface area (Å²) in [5.41, 5.74) is 3.45. The van der Waals surface area contributed by atoms with E-state index in [1.54, 1.807) is 36.4 Å². The van der Waals surface area contributed by atoms with Gasteiger partial charge in [-0.3, -0.25) is 4.90 Å². The van der Waals surface area contributed by atoms with Crippen LogP contribution in [0.15, 0.2) is 114 Å². The molecule has 5 rings (SSSR count). The molecule has 1 fully saturated rings. The maximum absolute atomic E-state index is 13.4. The summed E-state index contributed by atoms with van der Waals surface area (Å²) in [5.74, 6) is 0. The number of hydrogen-bond donors (Lipinski definition) is 2. The smallest absolute Gasteiger partial charge is 0.308 e. The molecular formula is C30H29ClN4O3S. The van der Waals surface area contributed by atoms with Gasteiger partial charge >= 0.3 is 6.03 Å². The lowest BCUT2D eigenvalue weighted by Crippen LogP contribution is -2.49. The quantitative estimate of drug-likeness (QED) is 0.287. The minimum Gasteiger partial charge on any atom is -0.308 e. The van der Waals surface area contributed by atoms with Crippen LogP contribution in [0.1, 0.15) is 17.2 Å². The summed E-state index contributed by atoms with van der Waals surface area (Å²) in [4.78, 5) is 14.8. The molecule has 1 saturated heterocycles. The van der Waals surface area contributed by atoms with Crippen molar-refractivity contribution in [3.63, 3.8) is 0 Å². The molecule has 39 heavy (non-hydrogen) atoms. The molecule has 0 atom stereocenters. The summed E-state index contributed by atoms with van der Waals surface area (Å²) in [6.45, 7) is 2.00. The van der Waals surface area contributed by atoms with Crippen LogP contribution in [0, 0.1) is 0 Å². The third-order valence-corrected chi connectivity index (χ3v) is 8.89. The zero-order valence-electron chi connectivity index (χ0n) is 21.2. The van der Waals surface area contributed by atoms with E-state index in [2.05, 4.69) is 39.8 Å². The van der Waals surface area contributed by atoms with Crippen LogP contribution in [0.4, 0.5) is 16.2 Å². The number of hydrogen-bond acceptors (Lipinski definition) is 4. The Bertz CT molecular complexity index is 1450. The lowest BCUT2D eigenvalue weighted by atomic mass is 9.96. The lowest BCUT2D eigenvalue weighted by Gasteiger charge is -2.39. The van der Waals surface area contributed by atoms with Crippen molar-refractivity contribution in [1.29, 1.82) is 0 Å². The second kappa shape index (κ2) is 12.0. The van der Waals surface area contributed by atoms with E-state index >= 15 is 0 Å². The number of amides is 2. The van der Waals surface area contributed by atoms with Crippen molar-refractivity contribution in [3.8, 4) is 0 Å². The molecule has 7 nitrogen and oxygen atoms in total. The molecule has 2 amide bonds. The predicted molar refractivity (Wildman–Crippen MR) is 156 cm³/mol. The summed E-state index contributed by atoms with van der Waals surface area (Å²) in [6, 6.07) is 33.2. The number of carbonyl (C=O) groups excluding carboxylic acids is 1. The first-order valence-electron chi connectivity index (χ1n) is 12.7. The highest BCUT2D eigenvalue weighted by molar-refractivity contribution is 7.89. The number of rotatable bonds is 7. The Labute approximate surface area is 234 Å². The van der Waals surface area contributed by atoms with E-state index in [9.17, 15) is 13.2 Å². The van der Waals surface area contributed by atoms with E-state index in [-0.39, 0.29) is 10.9 Å². The average molecular weight is 561 g/mol. The van der Waals surface area contributed by atoms with Crippen molar-refractivity contribution >= 4 is 39.0 Å². The second-order valence-electron chi connectivity index (χ2n) is 9.27. The summed E-state index contributed by atoms with van der Waals surface area (Å²) < 4.78 is 28.3. The lowest BCUT2D eigenvalue weighted by molar-refractivity contribution is 0.156. The van der Waals surface area contributed by atoms with Gasteiger partial charge in [0.15, 0.2) is 0 Å². The van der Waals surface area contributed by atoms with Crippen molar-refractivity contribution in [2.24, 2.45) is 0 Å². The number of piperazine rings is 1. The Kier molecular flexibility index (Phi) is 8.28. The van der Waals surface area contributed by atoms with Crippen molar-refractivity contribution in [2.45, 2.75) is 10.9 Å². The molecule has 9 heteroatoms. The molecule has 0 aromatic heterocycles. The number of nitrogens with zero attached hydrogens (tertiary/aromatic N) is 2. The van der Waals surface area contributed by atoms with E-state index < -0.39 is 16.1 Å². The highest BCUT2D eigenvalue weighted by Crippen LogP contribution is 2.30. The average Bonchev–Trinajstić information content (AvgIpc) is 2.96. The van der Waals surface area contributed by atoms with Gasteiger partial charge in [-0.05, 0) is 59.7 Å². The van der Waals surface area contributed by atoms with E-state index in [1.807, 2.05) is 36.4 Å². The maximum atomic E-state index is 13.4. The van der Waals surface area contributed by atoms with Gasteiger partial charge in [0, 0.05) is 42.6 Å². The van der Waals surface area contributed by atoms with E-state index in [1.165, 1.54) is 27.6 Å². The fourth-order valence-corrected chi connectivity index (χ4v) is 6.32. The Morgan fingerprint density at radius 1 is 0.667 bits per heavy atom. The van der Waals surface area contributed by atoms with Crippen LogP contribution < -0.4 is 10.6 Å². The molecule has 1 aliphatic rings. The molecule has 0 unspecified atom stereocenters. The summed E-state index contributed by atoms with van der Waals surface area (Å²) >= 11 is 5.87. The van der Waals surface area contributed by atoms with Gasteiger partial charge in [0.05, 0.1) is 10.9 Å². The van der Waals surface area contributed by atoms with Gasteiger partial charge in [-0.2, -0.15) is 4.31 Å². The van der Waals surface area contributed by atoms with Gasteiger partial charge in [0.2, 0.25) is 10.0 Å². The molecule has 0 aliphatic carbocycles. The maximum Gasteiger partial charge on any atom is 0.323 e. The van der Waals surface area contributed by atoms with Crippen LogP contribution in [0.2, 0.25) is 5.02 Å². The minimum absolute atomic E-state index is 0.0571. The number of sulfonamides is 1. The molecule has 4 aromatic carbocycles. The fraction of sp³-hybridized carbons (Fsp3) is 0.167. The monoisotopic (exact) mass is 560 g/mol. The van der Waals surface area contributed by atoms with Crippen LogP contribution in [0.5, 0.6) is 0 Å². The molecule has 4 aromatic rings. The van der Waals surface area contributed by atoms with Gasteiger partial charge < -0.3 is 10.6 Å². The first kappa shape index (κ1) is 26.9. The number of anilines is 2. The van der Waals surface area contributed by atoms with Crippen LogP contribution >= 0.6 is 11.6 Å². The van der Waals surface area contributed by atoms with Gasteiger partial charge in [0.1, 0.15) is 0 Å². The van der Waals surface area contributed by atoms with E-state index in [4.69, 9.17) is 11.6 Å². The highest BCUT2D eigenvalue weighted by atomic mass is 35.5. The first-order chi connectivity index (χ1) is 18.9. The van der Waals surface area contributed by atoms with Gasteiger partial charge in [0.25, 0.3) is 0 Å². The molecule has 200 valence electrons. The highest BCUT2D eigenvalue weighted by Gasteiger charge is 2.32. The molecular weight excluding hydrogens is 532 g/mol. The molecule has 0 saturated carbocycles. The summed E-state index contributed by atoms with van der Waals surface area (Å²) in [7, 11) is -3.67. The van der Waals surface area contributed by atoms with Crippen LogP contribution in [0.3, 0.4) is 0 Å². The molecule has 0 spiro atoms. The number of carbonyl (C=O) groups is 1. The topological polar surface area (TPSA) is 81.8 Å². The first-order valence-corrected chi connectivity index (χ1v) is 14.5. The van der Waals surface area contributed by atoms with Crippen molar-refractivity contribution in [3.05, 3.63) is 125 Å². The number of nitrogens with one attached hydrogen (secondary N) is 2. The largest absolute Gasteiger partial charge is 0.323 e. The number of halogens is 1. The number of benzene rings is 4. The SMILES string of the molecule is O=C(Nc1ccc(Cl)cc1)Nc1ccc(S(=O)(=O)N2CCN(C(c3ccccc3)c3ccccc3)CC2)cc1. The predicted octanol–water partition coefficient (Wildman–Crippen LogP) is 6.08. The molecule has 2 N–H and O–H groups in total. The molecule has 0 bridgehead atoms. The molecule has 0 radical (unpaired) electrons. The van der Waals surface area contributed by atoms with Crippen LogP contribution in [0.25, 0.3) is 0 Å². The minimum atomic E-state index is -3.67. The molecule has 1 aliphatic heterocycles. The third-order valence-electron chi connectivity index (χ3n) is 6.72. The van der Waals surface area contributed by atoms with Crippen LogP contribution in [-0.4, -0.2) is 49.8 Å². The van der Waals surface area contributed by atoms with Crippen LogP contribution in [-0.2, 0) is 10.0 Å². The Morgan fingerprint density at radius 3 is 1.62 bits per heavy atom. The second-order valence-corrected chi connectivity index (χ2v) is 11.6. The number of urea groups is 1. The van der Waals surface area contributed by atoms with Gasteiger partial charge in [-0.1, -0.05) is 72.3 Å². The van der Waals surface area contributed by atoms with Gasteiger partial charge in [-0.15, -0.1) is 0 Å². The molecule has 1 heterocycles.